The molecule has 8 nitrogen and oxygen atoms in total. The molecule has 0 saturated carbocycles. The van der Waals surface area contributed by atoms with E-state index in [1.54, 1.807) is 24.5 Å². The molecule has 4 aromatic carbocycles. The first-order chi connectivity index (χ1) is 23.6. The Bertz CT molecular complexity index is 1900. The van der Waals surface area contributed by atoms with Crippen LogP contribution >= 0.6 is 23.2 Å². The molecular formula is C38H39Cl2N3O5S. The number of amides is 1. The summed E-state index contributed by atoms with van der Waals surface area (Å²) in [5.74, 6) is -0.752. The second-order valence-electron chi connectivity index (χ2n) is 12.2. The van der Waals surface area contributed by atoms with Gasteiger partial charge in [-0.05, 0) is 91.0 Å². The van der Waals surface area contributed by atoms with Gasteiger partial charge in [-0.2, -0.15) is 5.26 Å². The molecule has 1 saturated heterocycles. The van der Waals surface area contributed by atoms with Crippen molar-refractivity contribution in [2.75, 3.05) is 53.2 Å². The van der Waals surface area contributed by atoms with Crippen LogP contribution in [0.4, 0.5) is 0 Å². The number of carbonyl (C=O) groups is 2. The van der Waals surface area contributed by atoms with Crippen molar-refractivity contribution in [2.24, 2.45) is 0 Å². The number of nitrogens with zero attached hydrogens (tertiary/aromatic N) is 3. The van der Waals surface area contributed by atoms with E-state index in [2.05, 4.69) is 17.0 Å². The fourth-order valence-electron chi connectivity index (χ4n) is 6.72. The number of esters is 1. The van der Waals surface area contributed by atoms with Crippen LogP contribution in [-0.4, -0.2) is 79.1 Å². The molecule has 0 spiro atoms. The van der Waals surface area contributed by atoms with Crippen LogP contribution < -0.4 is 4.74 Å². The summed E-state index contributed by atoms with van der Waals surface area (Å²) >= 11 is 12.8. The van der Waals surface area contributed by atoms with Crippen LogP contribution in [0.1, 0.15) is 58.1 Å². The van der Waals surface area contributed by atoms with Gasteiger partial charge >= 0.3 is 5.97 Å². The van der Waals surface area contributed by atoms with Gasteiger partial charge in [0.15, 0.2) is 0 Å². The molecule has 2 unspecified atom stereocenters. The van der Waals surface area contributed by atoms with E-state index in [9.17, 15) is 19.1 Å². The number of methoxy groups -OCH3 is 2. The van der Waals surface area contributed by atoms with Crippen LogP contribution in [0.2, 0.25) is 10.0 Å². The number of hydrogen-bond donors (Lipinski definition) is 0. The molecule has 256 valence electrons. The minimum atomic E-state index is -1.05. The number of ether oxygens (including phenoxy) is 2. The molecule has 0 N–H and O–H groups in total. The van der Waals surface area contributed by atoms with Crippen molar-refractivity contribution in [1.82, 2.24) is 9.80 Å². The zero-order valence-electron chi connectivity index (χ0n) is 27.8. The number of nitriles is 1. The van der Waals surface area contributed by atoms with Crippen LogP contribution in [0.15, 0.2) is 77.7 Å². The highest BCUT2D eigenvalue weighted by Gasteiger charge is 2.30. The largest absolute Gasteiger partial charge is 0.495 e. The Labute approximate surface area is 300 Å². The SMILES string of the molecule is COC(=O)CN(CC(CCN1CCC(c2ccccc2S(C)=O)CC1)c1ccc(Cl)c(Cl)c1)C(=O)c1c(OC)c(C#N)cc2ccccc12. The second-order valence-corrected chi connectivity index (χ2v) is 14.4. The van der Waals surface area contributed by atoms with E-state index in [1.165, 1.54) is 19.1 Å². The molecule has 0 aromatic heterocycles. The quantitative estimate of drug-likeness (QED) is 0.140. The smallest absolute Gasteiger partial charge is 0.325 e. The van der Waals surface area contributed by atoms with E-state index < -0.39 is 22.7 Å². The number of hydrogen-bond acceptors (Lipinski definition) is 7. The number of halogens is 2. The zero-order valence-corrected chi connectivity index (χ0v) is 30.1. The second kappa shape index (κ2) is 16.6. The Morgan fingerprint density at radius 3 is 2.41 bits per heavy atom. The van der Waals surface area contributed by atoms with Crippen LogP contribution in [0.3, 0.4) is 0 Å². The van der Waals surface area contributed by atoms with Crippen molar-refractivity contribution < 1.29 is 23.3 Å². The third-order valence-corrected chi connectivity index (χ3v) is 11.0. The molecule has 1 amide bonds. The normalized spacial score (nSPS) is 14.9. The molecule has 4 aromatic rings. The molecule has 1 heterocycles. The number of fused-ring (bicyclic) bond motifs is 1. The number of piperidine rings is 1. The third-order valence-electron chi connectivity index (χ3n) is 9.28. The summed E-state index contributed by atoms with van der Waals surface area (Å²) in [6.07, 6.45) is 4.28. The zero-order chi connectivity index (χ0) is 35.1. The lowest BCUT2D eigenvalue weighted by molar-refractivity contribution is -0.141. The van der Waals surface area contributed by atoms with E-state index >= 15 is 0 Å². The maximum atomic E-state index is 14.5. The highest BCUT2D eigenvalue weighted by molar-refractivity contribution is 7.84. The maximum absolute atomic E-state index is 14.5. The van der Waals surface area contributed by atoms with E-state index in [1.807, 2.05) is 48.5 Å². The van der Waals surface area contributed by atoms with Gasteiger partial charge in [0.2, 0.25) is 0 Å². The topological polar surface area (TPSA) is 99.9 Å². The molecule has 0 bridgehead atoms. The Hall–Kier alpha value is -3.94. The van der Waals surface area contributed by atoms with Crippen molar-refractivity contribution >= 4 is 56.7 Å². The van der Waals surface area contributed by atoms with Crippen molar-refractivity contribution in [1.29, 1.82) is 5.26 Å². The number of rotatable bonds is 12. The predicted molar refractivity (Wildman–Crippen MR) is 194 cm³/mol. The molecule has 49 heavy (non-hydrogen) atoms. The van der Waals surface area contributed by atoms with Gasteiger partial charge in [-0.25, -0.2) is 0 Å². The van der Waals surface area contributed by atoms with Gasteiger partial charge in [0.25, 0.3) is 5.91 Å². The molecule has 0 aliphatic carbocycles. The minimum absolute atomic E-state index is 0.156. The predicted octanol–water partition coefficient (Wildman–Crippen LogP) is 7.43. The van der Waals surface area contributed by atoms with E-state index in [4.69, 9.17) is 32.7 Å². The molecule has 0 radical (unpaired) electrons. The van der Waals surface area contributed by atoms with Crippen molar-refractivity contribution in [2.45, 2.75) is 36.0 Å². The molecule has 2 atom stereocenters. The summed E-state index contributed by atoms with van der Waals surface area (Å²) in [6.45, 7) is 2.36. The first kappa shape index (κ1) is 36.3. The number of benzene rings is 4. The van der Waals surface area contributed by atoms with Crippen LogP contribution in [0.25, 0.3) is 10.8 Å². The first-order valence-electron chi connectivity index (χ1n) is 16.1. The van der Waals surface area contributed by atoms with Crippen LogP contribution in [0.5, 0.6) is 5.75 Å². The molecule has 1 fully saturated rings. The lowest BCUT2D eigenvalue weighted by atomic mass is 9.88. The molecule has 5 rings (SSSR count). The summed E-state index contributed by atoms with van der Waals surface area (Å²) in [6, 6.07) is 24.6. The van der Waals surface area contributed by atoms with Gasteiger partial charge < -0.3 is 19.3 Å². The van der Waals surface area contributed by atoms with Gasteiger partial charge in [-0.3, -0.25) is 13.8 Å². The summed E-state index contributed by atoms with van der Waals surface area (Å²) in [7, 11) is 1.66. The third kappa shape index (κ3) is 8.45. The summed E-state index contributed by atoms with van der Waals surface area (Å²) in [4.78, 5) is 32.1. The summed E-state index contributed by atoms with van der Waals surface area (Å²) in [5.41, 5.74) is 2.48. The Morgan fingerprint density at radius 2 is 1.73 bits per heavy atom. The summed E-state index contributed by atoms with van der Waals surface area (Å²) in [5, 5.41) is 12.1. The lowest BCUT2D eigenvalue weighted by Crippen LogP contribution is -2.40. The standard InChI is InChI=1S/C38H39Cl2N3O5S/c1-47-35(44)24-43(38(45)36-31-10-5-4-8-27(31)20-29(22-41)37(36)48-2)23-28(26-12-13-32(39)33(40)21-26)16-19-42-17-14-25(15-18-42)30-9-6-7-11-34(30)49(3)46/h4-13,20-21,25,28H,14-19,23-24H2,1-3H3. The average molecular weight is 721 g/mol. The van der Waals surface area contributed by atoms with Crippen molar-refractivity contribution in [3.05, 3.63) is 105 Å². The van der Waals surface area contributed by atoms with Crippen molar-refractivity contribution in [3.8, 4) is 11.8 Å². The molecule has 11 heteroatoms. The van der Waals surface area contributed by atoms with Gasteiger partial charge in [0.1, 0.15) is 18.4 Å². The van der Waals surface area contributed by atoms with Crippen LogP contribution in [0, 0.1) is 11.3 Å². The fraction of sp³-hybridized carbons (Fsp3) is 0.342. The van der Waals surface area contributed by atoms with Crippen LogP contribution in [-0.2, 0) is 20.3 Å². The Balaban J connectivity index is 1.43. The van der Waals surface area contributed by atoms with Gasteiger partial charge in [-0.15, -0.1) is 0 Å². The van der Waals surface area contributed by atoms with E-state index in [0.29, 0.717) is 33.2 Å². The molecule has 1 aliphatic heterocycles. The van der Waals surface area contributed by atoms with E-state index in [0.717, 1.165) is 48.5 Å². The highest BCUT2D eigenvalue weighted by atomic mass is 35.5. The van der Waals surface area contributed by atoms with Gasteiger partial charge in [0.05, 0.1) is 46.2 Å². The summed E-state index contributed by atoms with van der Waals surface area (Å²) < 4.78 is 23.0. The lowest BCUT2D eigenvalue weighted by Gasteiger charge is -2.34. The minimum Gasteiger partial charge on any atom is -0.495 e. The van der Waals surface area contributed by atoms with Gasteiger partial charge in [0, 0.05) is 23.6 Å². The first-order valence-corrected chi connectivity index (χ1v) is 18.4. The maximum Gasteiger partial charge on any atom is 0.325 e. The van der Waals surface area contributed by atoms with Gasteiger partial charge in [-0.1, -0.05) is 71.7 Å². The number of carbonyl (C=O) groups excluding carboxylic acids is 2. The monoisotopic (exact) mass is 719 g/mol. The number of likely N-dealkylation sites (tertiary alicyclic amines) is 1. The van der Waals surface area contributed by atoms with Crippen molar-refractivity contribution in [3.63, 3.8) is 0 Å². The molecular weight excluding hydrogens is 681 g/mol. The molecule has 1 aliphatic rings. The Kier molecular flexibility index (Phi) is 12.3. The average Bonchev–Trinajstić information content (AvgIpc) is 3.12. The Morgan fingerprint density at radius 1 is 1.02 bits per heavy atom. The highest BCUT2D eigenvalue weighted by Crippen LogP contribution is 2.36. The fourth-order valence-corrected chi connectivity index (χ4v) is 7.86. The van der Waals surface area contributed by atoms with E-state index in [-0.39, 0.29) is 35.9 Å².